The van der Waals surface area contributed by atoms with Gasteiger partial charge in [-0.15, -0.1) is 0 Å². The van der Waals surface area contributed by atoms with Crippen molar-refractivity contribution in [2.24, 2.45) is 5.92 Å². The maximum atomic E-state index is 13.3. The van der Waals surface area contributed by atoms with Crippen molar-refractivity contribution in [2.45, 2.75) is 25.4 Å². The summed E-state index contributed by atoms with van der Waals surface area (Å²) in [6.07, 6.45) is 3.03. The molecule has 2 aromatic rings. The third kappa shape index (κ3) is 4.14. The first-order valence-electron chi connectivity index (χ1n) is 10.2. The Morgan fingerprint density at radius 1 is 1.10 bits per heavy atom. The Hall–Kier alpha value is -2.05. The van der Waals surface area contributed by atoms with Gasteiger partial charge in [0.15, 0.2) is 0 Å². The third-order valence-corrected chi connectivity index (χ3v) is 6.52. The van der Waals surface area contributed by atoms with Crippen molar-refractivity contribution >= 4 is 17.7 Å². The number of rotatable bonds is 5. The minimum atomic E-state index is 0.0986. The molecule has 0 unspecified atom stereocenters. The number of benzene rings is 1. The lowest BCUT2D eigenvalue weighted by atomic mass is 9.82. The van der Waals surface area contributed by atoms with Crippen LogP contribution < -0.4 is 5.56 Å². The Labute approximate surface area is 176 Å². The molecule has 1 fully saturated rings. The van der Waals surface area contributed by atoms with E-state index in [4.69, 9.17) is 0 Å². The molecule has 4 rings (SSSR count). The van der Waals surface area contributed by atoms with E-state index in [0.29, 0.717) is 18.2 Å². The largest absolute Gasteiger partial charge is 0.341 e. The van der Waals surface area contributed by atoms with Crippen molar-refractivity contribution < 1.29 is 4.79 Å². The van der Waals surface area contributed by atoms with Gasteiger partial charge in [0.1, 0.15) is 0 Å². The van der Waals surface area contributed by atoms with Crippen molar-refractivity contribution in [2.75, 3.05) is 39.2 Å². The van der Waals surface area contributed by atoms with E-state index < -0.39 is 0 Å². The zero-order chi connectivity index (χ0) is 20.5. The number of nitrogens with zero attached hydrogens (tertiary/aromatic N) is 3. The maximum absolute atomic E-state index is 13.3. The Bertz CT molecular complexity index is 952. The van der Waals surface area contributed by atoms with Crippen LogP contribution in [0.25, 0.3) is 11.1 Å². The second-order valence-corrected chi connectivity index (χ2v) is 9.42. The summed E-state index contributed by atoms with van der Waals surface area (Å²) in [4.78, 5) is 29.8. The molecule has 154 valence electrons. The predicted molar refractivity (Wildman–Crippen MR) is 119 cm³/mol. The maximum Gasteiger partial charge on any atom is 0.258 e. The number of hydrogen-bond donors (Lipinski definition) is 0. The van der Waals surface area contributed by atoms with Crippen molar-refractivity contribution in [3.63, 3.8) is 0 Å². The number of carbonyl (C=O) groups is 1. The molecule has 0 spiro atoms. The van der Waals surface area contributed by atoms with Gasteiger partial charge < -0.3 is 14.4 Å². The van der Waals surface area contributed by atoms with Crippen LogP contribution in [0.1, 0.15) is 23.6 Å². The number of thioether (sulfide) groups is 1. The second kappa shape index (κ2) is 8.36. The predicted octanol–water partition coefficient (Wildman–Crippen LogP) is 2.89. The van der Waals surface area contributed by atoms with Crippen LogP contribution in [0.4, 0.5) is 0 Å². The summed E-state index contributed by atoms with van der Waals surface area (Å²) >= 11 is 1.57. The standard InChI is InChI=1S/C23H29N3O2S/c1-24(2)11-16-4-6-18(7-5-16)20-8-9-21-19-10-17(13-26(21)23(20)28)12-25(14-19)22(27)15-29-3/h4-9,17,19H,10-15H2,1-3H3/t17-,19+/m0/s1. The molecule has 2 atom stereocenters. The first-order valence-corrected chi connectivity index (χ1v) is 11.6. The summed E-state index contributed by atoms with van der Waals surface area (Å²) in [5.74, 6) is 1.38. The van der Waals surface area contributed by atoms with Crippen LogP contribution in [0.15, 0.2) is 41.2 Å². The van der Waals surface area contributed by atoms with Gasteiger partial charge in [-0.3, -0.25) is 9.59 Å². The molecule has 2 aliphatic heterocycles. The lowest BCUT2D eigenvalue weighted by Crippen LogP contribution is -2.49. The van der Waals surface area contributed by atoms with E-state index in [9.17, 15) is 9.59 Å². The zero-order valence-corrected chi connectivity index (χ0v) is 18.2. The number of likely N-dealkylation sites (tertiary alicyclic amines) is 1. The molecule has 3 heterocycles. The number of hydrogen-bond acceptors (Lipinski definition) is 4. The lowest BCUT2D eigenvalue weighted by Gasteiger charge is -2.43. The quantitative estimate of drug-likeness (QED) is 0.759. The number of fused-ring (bicyclic) bond motifs is 4. The number of carbonyl (C=O) groups excluding carboxylic acids is 1. The van der Waals surface area contributed by atoms with Gasteiger partial charge in [0.25, 0.3) is 5.56 Å². The molecule has 2 bridgehead atoms. The van der Waals surface area contributed by atoms with Gasteiger partial charge in [0.05, 0.1) is 5.75 Å². The molecule has 0 saturated carbocycles. The van der Waals surface area contributed by atoms with Crippen LogP contribution in [0.3, 0.4) is 0 Å². The average Bonchev–Trinajstić information content (AvgIpc) is 2.69. The molecule has 0 N–H and O–H groups in total. The van der Waals surface area contributed by atoms with E-state index in [2.05, 4.69) is 49.3 Å². The van der Waals surface area contributed by atoms with Crippen LogP contribution in [-0.4, -0.2) is 59.5 Å². The van der Waals surface area contributed by atoms with Crippen molar-refractivity contribution in [1.29, 1.82) is 0 Å². The summed E-state index contributed by atoms with van der Waals surface area (Å²) < 4.78 is 1.97. The normalized spacial score (nSPS) is 20.6. The van der Waals surface area contributed by atoms with Crippen molar-refractivity contribution in [3.8, 4) is 11.1 Å². The van der Waals surface area contributed by atoms with Gasteiger partial charge in [-0.05, 0) is 55.9 Å². The minimum Gasteiger partial charge on any atom is -0.341 e. The summed E-state index contributed by atoms with van der Waals surface area (Å²) in [7, 11) is 4.10. The van der Waals surface area contributed by atoms with Crippen LogP contribution in [-0.2, 0) is 17.9 Å². The molecule has 29 heavy (non-hydrogen) atoms. The SMILES string of the molecule is CSCC(=O)N1C[C@@H]2C[C@H](C1)c1ccc(-c3ccc(CN(C)C)cc3)c(=O)n1C2. The Morgan fingerprint density at radius 2 is 1.86 bits per heavy atom. The number of amides is 1. The summed E-state index contributed by atoms with van der Waals surface area (Å²) in [5, 5.41) is 0. The van der Waals surface area contributed by atoms with E-state index >= 15 is 0 Å². The molecular formula is C23H29N3O2S. The number of aromatic nitrogens is 1. The van der Waals surface area contributed by atoms with E-state index in [1.165, 1.54) is 5.56 Å². The Morgan fingerprint density at radius 3 is 2.55 bits per heavy atom. The molecule has 5 nitrogen and oxygen atoms in total. The number of piperidine rings is 1. The molecule has 0 aliphatic carbocycles. The van der Waals surface area contributed by atoms with Crippen LogP contribution in [0.5, 0.6) is 0 Å². The van der Waals surface area contributed by atoms with Gasteiger partial charge in [0, 0.05) is 43.4 Å². The van der Waals surface area contributed by atoms with Crippen LogP contribution in [0, 0.1) is 5.92 Å². The fourth-order valence-electron chi connectivity index (χ4n) is 4.74. The molecule has 0 radical (unpaired) electrons. The fourth-order valence-corrected chi connectivity index (χ4v) is 5.17. The highest BCUT2D eigenvalue weighted by Gasteiger charge is 2.36. The topological polar surface area (TPSA) is 45.6 Å². The monoisotopic (exact) mass is 411 g/mol. The van der Waals surface area contributed by atoms with Crippen LogP contribution in [0.2, 0.25) is 0 Å². The number of pyridine rings is 1. The summed E-state index contributed by atoms with van der Waals surface area (Å²) in [5.41, 5.74) is 4.16. The molecule has 1 aromatic carbocycles. The lowest BCUT2D eigenvalue weighted by molar-refractivity contribution is -0.131. The Kier molecular flexibility index (Phi) is 5.83. The van der Waals surface area contributed by atoms with Gasteiger partial charge in [0.2, 0.25) is 5.91 Å². The first kappa shape index (κ1) is 20.2. The van der Waals surface area contributed by atoms with E-state index in [0.717, 1.165) is 42.9 Å². The van der Waals surface area contributed by atoms with Gasteiger partial charge in [-0.25, -0.2) is 0 Å². The highest BCUT2D eigenvalue weighted by molar-refractivity contribution is 7.99. The smallest absolute Gasteiger partial charge is 0.258 e. The van der Waals surface area contributed by atoms with Gasteiger partial charge >= 0.3 is 0 Å². The van der Waals surface area contributed by atoms with Gasteiger partial charge in [-0.1, -0.05) is 24.3 Å². The molecule has 1 amide bonds. The summed E-state index contributed by atoms with van der Waals surface area (Å²) in [6, 6.07) is 12.4. The van der Waals surface area contributed by atoms with Crippen molar-refractivity contribution in [3.05, 3.63) is 58.0 Å². The van der Waals surface area contributed by atoms with Gasteiger partial charge in [-0.2, -0.15) is 11.8 Å². The minimum absolute atomic E-state index is 0.0986. The molecular weight excluding hydrogens is 382 g/mol. The van der Waals surface area contributed by atoms with Crippen LogP contribution >= 0.6 is 11.8 Å². The van der Waals surface area contributed by atoms with E-state index in [1.54, 1.807) is 11.8 Å². The van der Waals surface area contributed by atoms with E-state index in [-0.39, 0.29) is 17.4 Å². The molecule has 1 aromatic heterocycles. The second-order valence-electron chi connectivity index (χ2n) is 8.55. The fraction of sp³-hybridized carbons (Fsp3) is 0.478. The highest BCUT2D eigenvalue weighted by atomic mass is 32.2. The highest BCUT2D eigenvalue weighted by Crippen LogP contribution is 2.36. The molecule has 1 saturated heterocycles. The third-order valence-electron chi connectivity index (χ3n) is 5.99. The van der Waals surface area contributed by atoms with Crippen molar-refractivity contribution in [1.82, 2.24) is 14.4 Å². The summed E-state index contributed by atoms with van der Waals surface area (Å²) in [6.45, 7) is 3.10. The zero-order valence-electron chi connectivity index (χ0n) is 17.4. The average molecular weight is 412 g/mol. The van der Waals surface area contributed by atoms with E-state index in [1.807, 2.05) is 21.8 Å². The first-order chi connectivity index (χ1) is 14.0. The Balaban J connectivity index is 1.61. The molecule has 6 heteroatoms. The molecule has 2 aliphatic rings.